The van der Waals surface area contributed by atoms with E-state index >= 15 is 0 Å². The first-order chi connectivity index (χ1) is 8.74. The van der Waals surface area contributed by atoms with Gasteiger partial charge >= 0.3 is 0 Å². The first-order valence-electron chi connectivity index (χ1n) is 6.02. The minimum Gasteiger partial charge on any atom is -0.326 e. The molecule has 0 radical (unpaired) electrons. The Morgan fingerprint density at radius 1 is 1.00 bits per heavy atom. The highest BCUT2D eigenvalue weighted by Gasteiger charge is 2.04. The van der Waals surface area contributed by atoms with Gasteiger partial charge in [0, 0.05) is 5.69 Å². The molecule has 0 amide bonds. The summed E-state index contributed by atoms with van der Waals surface area (Å²) in [5.41, 5.74) is 5.64. The summed E-state index contributed by atoms with van der Waals surface area (Å²) < 4.78 is 0. The van der Waals surface area contributed by atoms with Gasteiger partial charge in [-0.2, -0.15) is 0 Å². The fourth-order valence-corrected chi connectivity index (χ4v) is 2.03. The summed E-state index contributed by atoms with van der Waals surface area (Å²) in [6.07, 6.45) is 0. The van der Waals surface area contributed by atoms with Crippen LogP contribution in [0.5, 0.6) is 0 Å². The van der Waals surface area contributed by atoms with E-state index in [1.54, 1.807) is 0 Å². The van der Waals surface area contributed by atoms with E-state index in [9.17, 15) is 0 Å². The number of aromatic nitrogens is 2. The quantitative estimate of drug-likeness (QED) is 0.709. The van der Waals surface area contributed by atoms with Crippen molar-refractivity contribution in [3.8, 4) is 0 Å². The van der Waals surface area contributed by atoms with Crippen molar-refractivity contribution in [2.24, 2.45) is 0 Å². The predicted octanol–water partition coefficient (Wildman–Crippen LogP) is 3.92. The number of aryl methyl sites for hydroxylation is 1. The molecule has 0 aliphatic carbocycles. The molecule has 0 aliphatic heterocycles. The van der Waals surface area contributed by atoms with Crippen LogP contribution in [0.2, 0.25) is 0 Å². The molecule has 1 heterocycles. The molecule has 2 N–H and O–H groups in total. The SMILES string of the molecule is Cc1cccc(Nc2nc3ccccc3[nH]2)c1C. The van der Waals surface area contributed by atoms with Crippen molar-refractivity contribution >= 4 is 22.7 Å². The molecule has 3 rings (SSSR count). The predicted molar refractivity (Wildman–Crippen MR) is 75.3 cm³/mol. The third-order valence-corrected chi connectivity index (χ3v) is 3.25. The third kappa shape index (κ3) is 1.84. The zero-order chi connectivity index (χ0) is 12.5. The van der Waals surface area contributed by atoms with E-state index in [1.165, 1.54) is 11.1 Å². The van der Waals surface area contributed by atoms with Crippen LogP contribution >= 0.6 is 0 Å². The number of benzene rings is 2. The van der Waals surface area contributed by atoms with Crippen LogP contribution in [0.3, 0.4) is 0 Å². The van der Waals surface area contributed by atoms with Gasteiger partial charge in [0.15, 0.2) is 0 Å². The summed E-state index contributed by atoms with van der Waals surface area (Å²) in [7, 11) is 0. The maximum Gasteiger partial charge on any atom is 0.205 e. The zero-order valence-corrected chi connectivity index (χ0v) is 10.5. The van der Waals surface area contributed by atoms with Crippen LogP contribution in [0.1, 0.15) is 11.1 Å². The average Bonchev–Trinajstić information content (AvgIpc) is 2.77. The van der Waals surface area contributed by atoms with Gasteiger partial charge in [0.25, 0.3) is 0 Å². The number of rotatable bonds is 2. The Morgan fingerprint density at radius 3 is 2.67 bits per heavy atom. The highest BCUT2D eigenvalue weighted by Crippen LogP contribution is 2.22. The second-order valence-corrected chi connectivity index (χ2v) is 4.48. The summed E-state index contributed by atoms with van der Waals surface area (Å²) in [6.45, 7) is 4.22. The molecule has 3 heteroatoms. The van der Waals surface area contributed by atoms with E-state index in [0.29, 0.717) is 0 Å². The van der Waals surface area contributed by atoms with Crippen LogP contribution in [0.4, 0.5) is 11.6 Å². The second-order valence-electron chi connectivity index (χ2n) is 4.48. The number of fused-ring (bicyclic) bond motifs is 1. The molecular formula is C15H15N3. The largest absolute Gasteiger partial charge is 0.326 e. The number of nitrogens with zero attached hydrogens (tertiary/aromatic N) is 1. The zero-order valence-electron chi connectivity index (χ0n) is 10.5. The molecule has 0 saturated carbocycles. The van der Waals surface area contributed by atoms with Gasteiger partial charge < -0.3 is 10.3 Å². The number of H-pyrrole nitrogens is 1. The van der Waals surface area contributed by atoms with Crippen LogP contribution in [0.25, 0.3) is 11.0 Å². The van der Waals surface area contributed by atoms with Gasteiger partial charge in [0.2, 0.25) is 5.95 Å². The smallest absolute Gasteiger partial charge is 0.205 e. The fourth-order valence-electron chi connectivity index (χ4n) is 2.03. The Bertz CT molecular complexity index is 665. The third-order valence-electron chi connectivity index (χ3n) is 3.25. The second kappa shape index (κ2) is 4.18. The van der Waals surface area contributed by atoms with Crippen LogP contribution in [-0.4, -0.2) is 9.97 Å². The number of hydrogen-bond donors (Lipinski definition) is 2. The summed E-state index contributed by atoms with van der Waals surface area (Å²) >= 11 is 0. The van der Waals surface area contributed by atoms with Crippen molar-refractivity contribution in [1.82, 2.24) is 9.97 Å². The number of aromatic amines is 1. The van der Waals surface area contributed by atoms with Crippen molar-refractivity contribution in [2.45, 2.75) is 13.8 Å². The van der Waals surface area contributed by atoms with Gasteiger partial charge in [-0.25, -0.2) is 4.98 Å². The van der Waals surface area contributed by atoms with E-state index in [2.05, 4.69) is 41.3 Å². The van der Waals surface area contributed by atoms with Crippen LogP contribution in [-0.2, 0) is 0 Å². The molecule has 0 unspecified atom stereocenters. The summed E-state index contributed by atoms with van der Waals surface area (Å²) in [5, 5.41) is 3.34. The number of imidazole rings is 1. The fraction of sp³-hybridized carbons (Fsp3) is 0.133. The van der Waals surface area contributed by atoms with Crippen molar-refractivity contribution in [3.05, 3.63) is 53.6 Å². The van der Waals surface area contributed by atoms with Gasteiger partial charge in [0.1, 0.15) is 0 Å². The molecule has 18 heavy (non-hydrogen) atoms. The lowest BCUT2D eigenvalue weighted by atomic mass is 10.1. The average molecular weight is 237 g/mol. The maximum absolute atomic E-state index is 4.51. The first kappa shape index (κ1) is 10.8. The van der Waals surface area contributed by atoms with Gasteiger partial charge in [-0.3, -0.25) is 0 Å². The normalized spacial score (nSPS) is 10.8. The lowest BCUT2D eigenvalue weighted by molar-refractivity contribution is 1.27. The summed E-state index contributed by atoms with van der Waals surface area (Å²) in [5.74, 6) is 0.782. The van der Waals surface area contributed by atoms with Crippen molar-refractivity contribution in [3.63, 3.8) is 0 Å². The van der Waals surface area contributed by atoms with Gasteiger partial charge in [-0.1, -0.05) is 24.3 Å². The molecule has 90 valence electrons. The molecular weight excluding hydrogens is 222 g/mol. The first-order valence-corrected chi connectivity index (χ1v) is 6.02. The molecule has 0 aliphatic rings. The van der Waals surface area contributed by atoms with E-state index in [-0.39, 0.29) is 0 Å². The topological polar surface area (TPSA) is 40.7 Å². The van der Waals surface area contributed by atoms with Crippen molar-refractivity contribution in [2.75, 3.05) is 5.32 Å². The van der Waals surface area contributed by atoms with E-state index < -0.39 is 0 Å². The van der Waals surface area contributed by atoms with Crippen LogP contribution in [0.15, 0.2) is 42.5 Å². The Kier molecular flexibility index (Phi) is 2.52. The van der Waals surface area contributed by atoms with Crippen molar-refractivity contribution in [1.29, 1.82) is 0 Å². The van der Waals surface area contributed by atoms with Crippen LogP contribution < -0.4 is 5.32 Å². The maximum atomic E-state index is 4.51. The minimum atomic E-state index is 0.782. The Balaban J connectivity index is 1.99. The summed E-state index contributed by atoms with van der Waals surface area (Å²) in [4.78, 5) is 7.78. The molecule has 0 fully saturated rings. The molecule has 2 aromatic carbocycles. The van der Waals surface area contributed by atoms with E-state index in [0.717, 1.165) is 22.7 Å². The monoisotopic (exact) mass is 237 g/mol. The number of anilines is 2. The Hall–Kier alpha value is -2.29. The number of hydrogen-bond acceptors (Lipinski definition) is 2. The lowest BCUT2D eigenvalue weighted by Gasteiger charge is -2.08. The molecule has 0 bridgehead atoms. The van der Waals surface area contributed by atoms with Gasteiger partial charge in [-0.15, -0.1) is 0 Å². The minimum absolute atomic E-state index is 0.782. The Morgan fingerprint density at radius 2 is 1.83 bits per heavy atom. The highest BCUT2D eigenvalue weighted by molar-refractivity contribution is 5.78. The number of para-hydroxylation sites is 2. The molecule has 1 aromatic heterocycles. The van der Waals surface area contributed by atoms with E-state index in [1.807, 2.05) is 30.3 Å². The lowest BCUT2D eigenvalue weighted by Crippen LogP contribution is -1.96. The highest BCUT2D eigenvalue weighted by atomic mass is 15.1. The Labute approximate surface area is 106 Å². The molecule has 0 atom stereocenters. The molecule has 0 spiro atoms. The standard InChI is InChI=1S/C15H15N3/c1-10-6-5-9-12(11(10)2)16-15-17-13-7-3-4-8-14(13)18-15/h3-9H,1-2H3,(H2,16,17,18). The van der Waals surface area contributed by atoms with E-state index in [4.69, 9.17) is 0 Å². The van der Waals surface area contributed by atoms with Crippen LogP contribution in [0, 0.1) is 13.8 Å². The molecule has 3 nitrogen and oxygen atoms in total. The molecule has 3 aromatic rings. The van der Waals surface area contributed by atoms with Crippen molar-refractivity contribution < 1.29 is 0 Å². The number of nitrogens with one attached hydrogen (secondary N) is 2. The van der Waals surface area contributed by atoms with Gasteiger partial charge in [-0.05, 0) is 43.2 Å². The van der Waals surface area contributed by atoms with Gasteiger partial charge in [0.05, 0.1) is 11.0 Å². The summed E-state index contributed by atoms with van der Waals surface area (Å²) in [6, 6.07) is 14.2. The molecule has 0 saturated heterocycles.